The van der Waals surface area contributed by atoms with Crippen LogP contribution in [0.5, 0.6) is 0 Å². The highest BCUT2D eigenvalue weighted by molar-refractivity contribution is 5.08. The topological polar surface area (TPSA) is 0 Å². The van der Waals surface area contributed by atoms with Crippen molar-refractivity contribution in [2.45, 2.75) is 53.4 Å². The number of allylic oxidation sites excluding steroid dienone is 2. The van der Waals surface area contributed by atoms with Gasteiger partial charge < -0.3 is 0 Å². The first-order chi connectivity index (χ1) is 4.72. The first kappa shape index (κ1) is 9.74. The Morgan fingerprint density at radius 2 is 1.10 bits per heavy atom. The second kappa shape index (κ2) is 5.52. The molecule has 0 aliphatic carbocycles. The van der Waals surface area contributed by atoms with E-state index in [1.165, 1.54) is 25.7 Å². The van der Waals surface area contributed by atoms with Gasteiger partial charge in [-0.25, -0.2) is 0 Å². The van der Waals surface area contributed by atoms with Crippen LogP contribution in [0.1, 0.15) is 53.4 Å². The molecule has 0 saturated heterocycles. The number of hydrogen-bond acceptors (Lipinski definition) is 0. The normalized spacial score (nSPS) is 13.2. The molecular weight excluding hydrogens is 120 g/mol. The summed E-state index contributed by atoms with van der Waals surface area (Å²) in [6, 6.07) is 0. The molecule has 0 rings (SSSR count). The third kappa shape index (κ3) is 3.71. The van der Waals surface area contributed by atoms with E-state index in [4.69, 9.17) is 0 Å². The van der Waals surface area contributed by atoms with Gasteiger partial charge in [0.2, 0.25) is 0 Å². The first-order valence-electron chi connectivity index (χ1n) is 4.37. The molecule has 0 nitrogen and oxygen atoms in total. The van der Waals surface area contributed by atoms with Gasteiger partial charge in [-0.3, -0.25) is 0 Å². The van der Waals surface area contributed by atoms with Crippen LogP contribution in [-0.2, 0) is 0 Å². The van der Waals surface area contributed by atoms with Crippen molar-refractivity contribution in [2.75, 3.05) is 0 Å². The summed E-state index contributed by atoms with van der Waals surface area (Å²) in [6.45, 7) is 8.99. The summed E-state index contributed by atoms with van der Waals surface area (Å²) in [5.41, 5.74) is 3.20. The molecule has 60 valence electrons. The predicted molar refractivity (Wildman–Crippen MR) is 48.2 cm³/mol. The highest BCUT2D eigenvalue weighted by Crippen LogP contribution is 2.13. The summed E-state index contributed by atoms with van der Waals surface area (Å²) >= 11 is 0. The molecule has 0 unspecified atom stereocenters. The fraction of sp³-hybridized carbons (Fsp3) is 0.800. The van der Waals surface area contributed by atoms with Crippen LogP contribution in [0.25, 0.3) is 0 Å². The standard InChI is InChI=1S/C10H20/c1-5-7-9(3)10(4)8-6-2/h5-8H2,1-4H3/b10-9-. The Balaban J connectivity index is 3.79. The number of hydrogen-bond donors (Lipinski definition) is 0. The minimum Gasteiger partial charge on any atom is -0.0744 e. The average molecular weight is 140 g/mol. The van der Waals surface area contributed by atoms with Crippen molar-refractivity contribution in [2.24, 2.45) is 0 Å². The van der Waals surface area contributed by atoms with Crippen LogP contribution in [0.4, 0.5) is 0 Å². The van der Waals surface area contributed by atoms with Crippen LogP contribution in [0, 0.1) is 0 Å². The van der Waals surface area contributed by atoms with Gasteiger partial charge in [-0.1, -0.05) is 37.8 Å². The van der Waals surface area contributed by atoms with Crippen LogP contribution < -0.4 is 0 Å². The van der Waals surface area contributed by atoms with E-state index in [2.05, 4.69) is 27.7 Å². The highest BCUT2D eigenvalue weighted by Gasteiger charge is 1.93. The Hall–Kier alpha value is -0.260. The van der Waals surface area contributed by atoms with Crippen LogP contribution >= 0.6 is 0 Å². The minimum atomic E-state index is 1.28. The molecule has 0 atom stereocenters. The van der Waals surface area contributed by atoms with Crippen molar-refractivity contribution in [1.82, 2.24) is 0 Å². The van der Waals surface area contributed by atoms with E-state index in [1.54, 1.807) is 11.1 Å². The maximum atomic E-state index is 2.26. The minimum absolute atomic E-state index is 1.28. The molecule has 0 aromatic heterocycles. The summed E-state index contributed by atoms with van der Waals surface area (Å²) in [4.78, 5) is 0. The third-order valence-electron chi connectivity index (χ3n) is 1.98. The van der Waals surface area contributed by atoms with E-state index in [9.17, 15) is 0 Å². The molecule has 0 fully saturated rings. The van der Waals surface area contributed by atoms with Crippen molar-refractivity contribution in [1.29, 1.82) is 0 Å². The van der Waals surface area contributed by atoms with Crippen LogP contribution in [0.3, 0.4) is 0 Å². The quantitative estimate of drug-likeness (QED) is 0.519. The van der Waals surface area contributed by atoms with E-state index in [0.717, 1.165) is 0 Å². The maximum Gasteiger partial charge on any atom is -0.0323 e. The molecule has 0 heterocycles. The lowest BCUT2D eigenvalue weighted by molar-refractivity contribution is 0.837. The highest BCUT2D eigenvalue weighted by atomic mass is 14.0. The zero-order valence-electron chi connectivity index (χ0n) is 7.83. The fourth-order valence-electron chi connectivity index (χ4n) is 1.18. The second-order valence-corrected chi connectivity index (χ2v) is 3.06. The molecule has 0 aromatic carbocycles. The predicted octanol–water partition coefficient (Wildman–Crippen LogP) is 3.92. The molecule has 0 aliphatic rings. The van der Waals surface area contributed by atoms with E-state index in [1.807, 2.05) is 0 Å². The summed E-state index contributed by atoms with van der Waals surface area (Å²) in [7, 11) is 0. The Morgan fingerprint density at radius 1 is 0.800 bits per heavy atom. The van der Waals surface area contributed by atoms with E-state index < -0.39 is 0 Å². The molecule has 0 amide bonds. The van der Waals surface area contributed by atoms with Crippen molar-refractivity contribution in [3.05, 3.63) is 11.1 Å². The Bertz CT molecular complexity index is 95.2. The lowest BCUT2D eigenvalue weighted by Crippen LogP contribution is -1.83. The molecule has 0 heteroatoms. The van der Waals surface area contributed by atoms with Gasteiger partial charge in [0.05, 0.1) is 0 Å². The second-order valence-electron chi connectivity index (χ2n) is 3.06. The lowest BCUT2D eigenvalue weighted by Gasteiger charge is -2.04. The maximum absolute atomic E-state index is 2.26. The zero-order valence-corrected chi connectivity index (χ0v) is 7.83. The van der Waals surface area contributed by atoms with Gasteiger partial charge in [-0.15, -0.1) is 0 Å². The molecule has 0 bridgehead atoms. The largest absolute Gasteiger partial charge is 0.0744 e. The Labute approximate surface area is 65.3 Å². The van der Waals surface area contributed by atoms with Gasteiger partial charge in [-0.2, -0.15) is 0 Å². The van der Waals surface area contributed by atoms with Gasteiger partial charge in [0.25, 0.3) is 0 Å². The van der Waals surface area contributed by atoms with Crippen molar-refractivity contribution >= 4 is 0 Å². The molecule has 10 heavy (non-hydrogen) atoms. The van der Waals surface area contributed by atoms with Gasteiger partial charge in [-0.05, 0) is 26.7 Å². The van der Waals surface area contributed by atoms with E-state index >= 15 is 0 Å². The molecule has 0 saturated carbocycles. The summed E-state index contributed by atoms with van der Waals surface area (Å²) < 4.78 is 0. The third-order valence-corrected chi connectivity index (χ3v) is 1.98. The molecule has 0 aliphatic heterocycles. The molecule has 0 radical (unpaired) electrons. The molecule has 0 spiro atoms. The van der Waals surface area contributed by atoms with Gasteiger partial charge in [0, 0.05) is 0 Å². The van der Waals surface area contributed by atoms with E-state index in [-0.39, 0.29) is 0 Å². The monoisotopic (exact) mass is 140 g/mol. The van der Waals surface area contributed by atoms with Gasteiger partial charge >= 0.3 is 0 Å². The Morgan fingerprint density at radius 3 is 1.30 bits per heavy atom. The van der Waals surface area contributed by atoms with Gasteiger partial charge in [0.15, 0.2) is 0 Å². The van der Waals surface area contributed by atoms with Crippen LogP contribution in [0.15, 0.2) is 11.1 Å². The summed E-state index contributed by atoms with van der Waals surface area (Å²) in [6.07, 6.45) is 5.14. The van der Waals surface area contributed by atoms with Gasteiger partial charge in [0.1, 0.15) is 0 Å². The number of rotatable bonds is 4. The van der Waals surface area contributed by atoms with Crippen LogP contribution in [-0.4, -0.2) is 0 Å². The van der Waals surface area contributed by atoms with Crippen molar-refractivity contribution in [3.8, 4) is 0 Å². The fourth-order valence-corrected chi connectivity index (χ4v) is 1.18. The average Bonchev–Trinajstić information content (AvgIpc) is 1.89. The first-order valence-corrected chi connectivity index (χ1v) is 4.37. The summed E-state index contributed by atoms with van der Waals surface area (Å²) in [5, 5.41) is 0. The lowest BCUT2D eigenvalue weighted by atomic mass is 10.0. The SMILES string of the molecule is CCC/C(C)=C(/C)CCC. The smallest absolute Gasteiger partial charge is 0.0323 e. The molecular formula is C10H20. The summed E-state index contributed by atoms with van der Waals surface area (Å²) in [5.74, 6) is 0. The molecule has 0 N–H and O–H groups in total. The van der Waals surface area contributed by atoms with Crippen LogP contribution in [0.2, 0.25) is 0 Å². The van der Waals surface area contributed by atoms with E-state index in [0.29, 0.717) is 0 Å². The zero-order chi connectivity index (χ0) is 7.98. The van der Waals surface area contributed by atoms with Crippen molar-refractivity contribution in [3.63, 3.8) is 0 Å². The Kier molecular flexibility index (Phi) is 5.38. The molecule has 0 aromatic rings. The van der Waals surface area contributed by atoms with Crippen molar-refractivity contribution < 1.29 is 0 Å².